The van der Waals surface area contributed by atoms with Gasteiger partial charge in [-0.15, -0.1) is 0 Å². The monoisotopic (exact) mass is 426 g/mol. The summed E-state index contributed by atoms with van der Waals surface area (Å²) in [5.41, 5.74) is 0. The van der Waals surface area contributed by atoms with E-state index >= 15 is 0 Å². The Morgan fingerprint density at radius 1 is 1.00 bits per heavy atom. The lowest BCUT2D eigenvalue weighted by Gasteiger charge is -2.44. The smallest absolute Gasteiger partial charge is 0.330 e. The molecule has 4 nitrogen and oxygen atoms in total. The van der Waals surface area contributed by atoms with Gasteiger partial charge in [-0.3, -0.25) is 0 Å². The van der Waals surface area contributed by atoms with E-state index < -0.39 is 20.4 Å². The molecule has 0 saturated carbocycles. The third-order valence-corrected chi connectivity index (χ3v) is 10.5. The summed E-state index contributed by atoms with van der Waals surface area (Å²) >= 11 is 0. The van der Waals surface area contributed by atoms with E-state index in [4.69, 9.17) is 4.43 Å². The summed E-state index contributed by atoms with van der Waals surface area (Å²) in [5, 5.41) is 12.6. The Morgan fingerprint density at radius 3 is 1.93 bits per heavy atom. The van der Waals surface area contributed by atoms with Crippen molar-refractivity contribution in [1.29, 1.82) is 0 Å². The summed E-state index contributed by atoms with van der Waals surface area (Å²) < 4.78 is 11.6. The molecule has 0 aromatic heterocycles. The molecule has 0 heterocycles. The van der Waals surface area contributed by atoms with Gasteiger partial charge in [0, 0.05) is 12.2 Å². The number of aliphatic hydroxyl groups excluding tert-OH is 1. The van der Waals surface area contributed by atoms with Crippen LogP contribution in [0, 0.1) is 0 Å². The lowest BCUT2D eigenvalue weighted by molar-refractivity contribution is -0.134. The van der Waals surface area contributed by atoms with E-state index in [-0.39, 0.29) is 11.1 Å². The van der Waals surface area contributed by atoms with Crippen LogP contribution in [0.2, 0.25) is 5.04 Å². The molecule has 0 bridgehead atoms. The fourth-order valence-corrected chi connectivity index (χ4v) is 8.55. The second-order valence-corrected chi connectivity index (χ2v) is 12.9. The topological polar surface area (TPSA) is 55.8 Å². The Hall–Kier alpha value is -2.21. The highest BCUT2D eigenvalue weighted by Crippen LogP contribution is 2.37. The van der Waals surface area contributed by atoms with Crippen molar-refractivity contribution >= 4 is 24.7 Å². The van der Waals surface area contributed by atoms with Crippen LogP contribution in [0.3, 0.4) is 0 Å². The SMILES string of the molecule is COC(=O)/C=C/[C@H](O)CC[C@H](C)O[Si](c1ccccc1)(c1ccccc1)C(C)(C)C. The van der Waals surface area contributed by atoms with Crippen molar-refractivity contribution in [1.82, 2.24) is 0 Å². The van der Waals surface area contributed by atoms with Crippen LogP contribution in [0.5, 0.6) is 0 Å². The van der Waals surface area contributed by atoms with E-state index in [9.17, 15) is 9.90 Å². The molecule has 0 unspecified atom stereocenters. The van der Waals surface area contributed by atoms with Gasteiger partial charge in [0.25, 0.3) is 8.32 Å². The summed E-state index contributed by atoms with van der Waals surface area (Å²) in [6.07, 6.45) is 3.15. The maximum absolute atomic E-state index is 11.2. The van der Waals surface area contributed by atoms with E-state index in [0.29, 0.717) is 12.8 Å². The number of rotatable bonds is 9. The molecule has 2 rings (SSSR count). The second-order valence-electron chi connectivity index (χ2n) is 8.62. The standard InChI is InChI=1S/C25H34O4Si/c1-20(16-17-21(26)18-19-24(27)28-5)29-30(25(2,3)4,22-12-8-6-9-13-22)23-14-10-7-11-15-23/h6-15,18-21,26H,16-17H2,1-5H3/b19-18+/t20-,21+/m0/s1. The molecule has 30 heavy (non-hydrogen) atoms. The van der Waals surface area contributed by atoms with Gasteiger partial charge in [-0.25, -0.2) is 4.79 Å². The first-order chi connectivity index (χ1) is 14.2. The van der Waals surface area contributed by atoms with Crippen LogP contribution in [0.15, 0.2) is 72.8 Å². The van der Waals surface area contributed by atoms with E-state index in [1.807, 2.05) is 12.1 Å². The third-order valence-electron chi connectivity index (χ3n) is 5.32. The minimum absolute atomic E-state index is 0.0579. The quantitative estimate of drug-likeness (QED) is 0.376. The predicted molar refractivity (Wildman–Crippen MR) is 125 cm³/mol. The van der Waals surface area contributed by atoms with Gasteiger partial charge in [0.15, 0.2) is 0 Å². The molecule has 0 aliphatic carbocycles. The van der Waals surface area contributed by atoms with Crippen LogP contribution in [-0.2, 0) is 14.0 Å². The number of methoxy groups -OCH3 is 1. The van der Waals surface area contributed by atoms with Crippen molar-refractivity contribution < 1.29 is 19.1 Å². The van der Waals surface area contributed by atoms with E-state index in [1.54, 1.807) is 0 Å². The highest BCUT2D eigenvalue weighted by molar-refractivity contribution is 6.99. The molecular formula is C25H34O4Si. The van der Waals surface area contributed by atoms with Crippen LogP contribution < -0.4 is 10.4 Å². The zero-order valence-corrected chi connectivity index (χ0v) is 19.7. The van der Waals surface area contributed by atoms with Gasteiger partial charge < -0.3 is 14.3 Å². The number of aliphatic hydroxyl groups is 1. The van der Waals surface area contributed by atoms with E-state index in [1.165, 1.54) is 29.6 Å². The van der Waals surface area contributed by atoms with Crippen molar-refractivity contribution in [2.45, 2.75) is 57.8 Å². The Balaban J connectivity index is 2.30. The van der Waals surface area contributed by atoms with E-state index in [2.05, 4.69) is 81.0 Å². The van der Waals surface area contributed by atoms with Gasteiger partial charge in [-0.2, -0.15) is 0 Å². The minimum Gasteiger partial charge on any atom is -0.466 e. The lowest BCUT2D eigenvalue weighted by Crippen LogP contribution is -2.67. The maximum Gasteiger partial charge on any atom is 0.330 e. The Morgan fingerprint density at radius 2 is 1.50 bits per heavy atom. The summed E-state index contributed by atoms with van der Waals surface area (Å²) in [6.45, 7) is 8.82. The molecule has 0 aliphatic rings. The fraction of sp³-hybridized carbons (Fsp3) is 0.400. The first-order valence-corrected chi connectivity index (χ1v) is 12.3. The van der Waals surface area contributed by atoms with Crippen molar-refractivity contribution in [3.05, 3.63) is 72.8 Å². The summed E-state index contributed by atoms with van der Waals surface area (Å²) in [7, 11) is -1.28. The second kappa shape index (κ2) is 10.7. The summed E-state index contributed by atoms with van der Waals surface area (Å²) in [6, 6.07) is 21.0. The number of benzene rings is 2. The minimum atomic E-state index is -2.60. The highest BCUT2D eigenvalue weighted by atomic mass is 28.4. The van der Waals surface area contributed by atoms with Crippen molar-refractivity contribution in [3.8, 4) is 0 Å². The highest BCUT2D eigenvalue weighted by Gasteiger charge is 2.50. The molecule has 2 atom stereocenters. The summed E-state index contributed by atoms with van der Waals surface area (Å²) in [4.78, 5) is 11.2. The van der Waals surface area contributed by atoms with Gasteiger partial charge in [0.05, 0.1) is 13.2 Å². The maximum atomic E-state index is 11.2. The molecule has 0 saturated heterocycles. The van der Waals surface area contributed by atoms with Crippen molar-refractivity contribution in [3.63, 3.8) is 0 Å². The molecule has 0 radical (unpaired) electrons. The molecule has 2 aromatic rings. The first kappa shape index (κ1) is 24.1. The van der Waals surface area contributed by atoms with Crippen LogP contribution >= 0.6 is 0 Å². The number of carbonyl (C=O) groups excluding carboxylic acids is 1. The molecular weight excluding hydrogens is 392 g/mol. The molecule has 2 aromatic carbocycles. The molecule has 0 spiro atoms. The van der Waals surface area contributed by atoms with Crippen LogP contribution in [-0.4, -0.2) is 38.7 Å². The fourth-order valence-electron chi connectivity index (χ4n) is 3.81. The van der Waals surface area contributed by atoms with Crippen LogP contribution in [0.1, 0.15) is 40.5 Å². The molecule has 0 amide bonds. The Labute approximate surface area is 181 Å². The Kier molecular flexibility index (Phi) is 8.59. The van der Waals surface area contributed by atoms with Gasteiger partial charge >= 0.3 is 5.97 Å². The third kappa shape index (κ3) is 5.91. The van der Waals surface area contributed by atoms with Crippen LogP contribution in [0.25, 0.3) is 0 Å². The lowest BCUT2D eigenvalue weighted by atomic mass is 10.1. The molecule has 5 heteroatoms. The van der Waals surface area contributed by atoms with E-state index in [0.717, 1.165) is 0 Å². The number of esters is 1. The summed E-state index contributed by atoms with van der Waals surface area (Å²) in [5.74, 6) is -0.467. The molecule has 0 fully saturated rings. The number of ether oxygens (including phenoxy) is 1. The largest absolute Gasteiger partial charge is 0.466 e. The molecule has 162 valence electrons. The van der Waals surface area contributed by atoms with Gasteiger partial charge in [0.1, 0.15) is 0 Å². The van der Waals surface area contributed by atoms with Gasteiger partial charge in [0.2, 0.25) is 0 Å². The number of carbonyl (C=O) groups is 1. The van der Waals surface area contributed by atoms with Gasteiger partial charge in [-0.05, 0) is 41.3 Å². The average molecular weight is 427 g/mol. The molecule has 0 aliphatic heterocycles. The predicted octanol–water partition coefficient (Wildman–Crippen LogP) is 3.82. The number of hydrogen-bond acceptors (Lipinski definition) is 4. The Bertz CT molecular complexity index is 773. The van der Waals surface area contributed by atoms with Gasteiger partial charge in [-0.1, -0.05) is 81.4 Å². The van der Waals surface area contributed by atoms with Crippen molar-refractivity contribution in [2.24, 2.45) is 0 Å². The molecule has 1 N–H and O–H groups in total. The number of hydrogen-bond donors (Lipinski definition) is 1. The zero-order chi connectivity index (χ0) is 22.2. The normalized spacial score (nSPS) is 14.5. The average Bonchev–Trinajstić information content (AvgIpc) is 2.74. The van der Waals surface area contributed by atoms with Crippen LogP contribution in [0.4, 0.5) is 0 Å². The first-order valence-electron chi connectivity index (χ1n) is 10.4. The zero-order valence-electron chi connectivity index (χ0n) is 18.7. The van der Waals surface area contributed by atoms with Crippen molar-refractivity contribution in [2.75, 3.05) is 7.11 Å².